The number of nitrogens with zero attached hydrogens (tertiary/aromatic N) is 1. The Balaban J connectivity index is 1.58. The van der Waals surface area contributed by atoms with E-state index in [0.29, 0.717) is 0 Å². The van der Waals surface area contributed by atoms with E-state index in [4.69, 9.17) is 12.6 Å². The number of non-ortho nitro benzene ring substituents is 1. The molecule has 1 aromatic heterocycles. The third-order valence-electron chi connectivity index (χ3n) is 9.74. The predicted octanol–water partition coefficient (Wildman–Crippen LogP) is 13.7. The molecule has 0 bridgehead atoms. The van der Waals surface area contributed by atoms with Crippen LogP contribution < -0.4 is 0 Å². The smallest absolute Gasteiger partial charge is 0.258 e. The molecule has 0 aliphatic carbocycles. The van der Waals surface area contributed by atoms with Crippen molar-refractivity contribution in [2.24, 2.45) is 0 Å². The summed E-state index contributed by atoms with van der Waals surface area (Å²) in [5.74, 6) is 0. The molecule has 9 rings (SSSR count). The average molecular weight is 692 g/mol. The number of nitro groups is 1. The van der Waals surface area contributed by atoms with Gasteiger partial charge in [0.2, 0.25) is 0 Å². The molecule has 0 N–H and O–H groups in total. The first-order chi connectivity index (χ1) is 25.1. The normalized spacial score (nSPS) is 11.4. The van der Waals surface area contributed by atoms with Gasteiger partial charge in [-0.25, -0.2) is 0 Å². The summed E-state index contributed by atoms with van der Waals surface area (Å²) in [6.45, 7) is 0. The lowest BCUT2D eigenvalue weighted by Crippen LogP contribution is -2.01. The van der Waals surface area contributed by atoms with E-state index < -0.39 is 0 Å². The van der Waals surface area contributed by atoms with Gasteiger partial charge in [-0.3, -0.25) is 10.1 Å². The van der Waals surface area contributed by atoms with Crippen molar-refractivity contribution in [3.63, 3.8) is 0 Å². The summed E-state index contributed by atoms with van der Waals surface area (Å²) in [4.78, 5) is 12.7. The summed E-state index contributed by atoms with van der Waals surface area (Å²) in [6.07, 6.45) is 0. The van der Waals surface area contributed by atoms with Crippen molar-refractivity contribution >= 4 is 61.3 Å². The Hall–Kier alpha value is -6.01. The fourth-order valence-corrected chi connectivity index (χ4v) is 8.80. The topological polar surface area (TPSA) is 43.1 Å². The van der Waals surface area contributed by atoms with Crippen LogP contribution in [-0.4, -0.2) is 4.92 Å². The van der Waals surface area contributed by atoms with E-state index in [-0.39, 0.29) is 10.6 Å². The van der Waals surface area contributed by atoms with Gasteiger partial charge in [0.1, 0.15) is 0 Å². The van der Waals surface area contributed by atoms with Gasteiger partial charge in [0.05, 0.1) is 4.92 Å². The summed E-state index contributed by atoms with van der Waals surface area (Å²) >= 11 is 7.19. The lowest BCUT2D eigenvalue weighted by molar-refractivity contribution is -0.384. The Morgan fingerprint density at radius 3 is 1.88 bits per heavy atom. The Kier molecular flexibility index (Phi) is 7.72. The molecule has 0 amide bonds. The molecule has 0 saturated heterocycles. The van der Waals surface area contributed by atoms with E-state index in [1.807, 2.05) is 12.1 Å². The molecule has 0 saturated carbocycles. The van der Waals surface area contributed by atoms with Crippen molar-refractivity contribution in [1.82, 2.24) is 0 Å². The van der Waals surface area contributed by atoms with Crippen LogP contribution in [0, 0.1) is 10.1 Å². The maximum atomic E-state index is 12.2. The van der Waals surface area contributed by atoms with Crippen LogP contribution in [0.15, 0.2) is 174 Å². The van der Waals surface area contributed by atoms with Gasteiger partial charge in [0, 0.05) is 38.2 Å². The molecule has 0 aliphatic heterocycles. The summed E-state index contributed by atoms with van der Waals surface area (Å²) in [5.41, 5.74) is 9.91. The van der Waals surface area contributed by atoms with Crippen LogP contribution in [0.3, 0.4) is 0 Å². The first-order valence-electron chi connectivity index (χ1n) is 16.7. The van der Waals surface area contributed by atoms with Gasteiger partial charge < -0.3 is 0 Å². The number of benzene rings is 8. The molecule has 1 heterocycles. The van der Waals surface area contributed by atoms with E-state index in [1.165, 1.54) is 4.70 Å². The molecule has 0 spiro atoms. The van der Waals surface area contributed by atoms with E-state index in [1.54, 1.807) is 29.5 Å². The van der Waals surface area contributed by atoms with Gasteiger partial charge in [0.25, 0.3) is 5.69 Å². The number of nitro benzene ring substituents is 1. The van der Waals surface area contributed by atoms with Gasteiger partial charge in [0.15, 0.2) is 0 Å². The third-order valence-corrected chi connectivity index (χ3v) is 11.1. The van der Waals surface area contributed by atoms with Crippen molar-refractivity contribution in [3.05, 3.63) is 179 Å². The molecule has 0 radical (unpaired) electrons. The highest BCUT2D eigenvalue weighted by Gasteiger charge is 2.29. The Morgan fingerprint density at radius 1 is 0.471 bits per heavy atom. The second kappa shape index (κ2) is 12.7. The average Bonchev–Trinajstić information content (AvgIpc) is 3.67. The molecule has 8 aromatic carbocycles. The zero-order chi connectivity index (χ0) is 34.5. The van der Waals surface area contributed by atoms with Crippen LogP contribution in [0.5, 0.6) is 0 Å². The van der Waals surface area contributed by atoms with Gasteiger partial charge >= 0.3 is 0 Å². The van der Waals surface area contributed by atoms with Crippen LogP contribution in [0.25, 0.3) is 87.3 Å². The fourth-order valence-electron chi connectivity index (χ4n) is 7.51. The van der Waals surface area contributed by atoms with Gasteiger partial charge in [-0.1, -0.05) is 133 Å². The molecule has 3 nitrogen and oxygen atoms in total. The number of thiophene rings is 1. The summed E-state index contributed by atoms with van der Waals surface area (Å²) in [5, 5.41) is 20.0. The summed E-state index contributed by atoms with van der Waals surface area (Å²) in [7, 11) is 0. The molecule has 9 aromatic rings. The SMILES string of the molecule is O=[N+]([O-])c1cccc(-c2c(S)c(-c3ccccc3)c(-c3cccc4ccccc34)c(-c3ccc4ccccc4c3)c2-c2cccc3sccc23)c1. The number of fused-ring (bicyclic) bond motifs is 3. The second-order valence-electron chi connectivity index (χ2n) is 12.6. The Bertz CT molecular complexity index is 2800. The molecule has 0 aliphatic rings. The van der Waals surface area contributed by atoms with E-state index in [9.17, 15) is 10.1 Å². The van der Waals surface area contributed by atoms with Gasteiger partial charge in [-0.2, -0.15) is 0 Å². The first kappa shape index (κ1) is 31.0. The van der Waals surface area contributed by atoms with Crippen molar-refractivity contribution in [3.8, 4) is 55.6 Å². The highest BCUT2D eigenvalue weighted by molar-refractivity contribution is 7.80. The molecular formula is C46H29NO2S2. The number of hydrogen-bond donors (Lipinski definition) is 1. The minimum atomic E-state index is -0.326. The quantitative estimate of drug-likeness (QED) is 0.107. The minimum absolute atomic E-state index is 0.0339. The van der Waals surface area contributed by atoms with Crippen LogP contribution in [0.4, 0.5) is 5.69 Å². The maximum absolute atomic E-state index is 12.2. The third kappa shape index (κ3) is 5.30. The lowest BCUT2D eigenvalue weighted by atomic mass is 9.77. The Morgan fingerprint density at radius 2 is 1.08 bits per heavy atom. The molecule has 51 heavy (non-hydrogen) atoms. The largest absolute Gasteiger partial charge is 0.270 e. The van der Waals surface area contributed by atoms with Crippen LogP contribution in [-0.2, 0) is 0 Å². The number of hydrogen-bond acceptors (Lipinski definition) is 4. The molecule has 5 heteroatoms. The van der Waals surface area contributed by atoms with Gasteiger partial charge in [-0.05, 0) is 89.6 Å². The second-order valence-corrected chi connectivity index (χ2v) is 14.0. The monoisotopic (exact) mass is 691 g/mol. The van der Waals surface area contributed by atoms with Crippen LogP contribution in [0.1, 0.15) is 0 Å². The summed E-state index contributed by atoms with van der Waals surface area (Å²) < 4.78 is 1.17. The summed E-state index contributed by atoms with van der Waals surface area (Å²) in [6, 6.07) is 56.1. The standard InChI is InChI=1S/C46H29NO2S2/c48-47(49)35-18-8-17-33(28-35)43-45(39-21-10-22-40-37(39)25-26-51-40)41(34-24-23-29-11-4-5-15-32(29)27-34)44(42(46(43)50)31-13-2-1-3-14-31)38-20-9-16-30-12-6-7-19-36(30)38/h1-28,50H. The van der Waals surface area contributed by atoms with Crippen molar-refractivity contribution in [2.45, 2.75) is 4.90 Å². The molecular weight excluding hydrogens is 663 g/mol. The highest BCUT2D eigenvalue weighted by Crippen LogP contribution is 2.56. The molecule has 0 unspecified atom stereocenters. The minimum Gasteiger partial charge on any atom is -0.258 e. The fraction of sp³-hybridized carbons (Fsp3) is 0. The molecule has 242 valence electrons. The van der Waals surface area contributed by atoms with Crippen molar-refractivity contribution < 1.29 is 4.92 Å². The van der Waals surface area contributed by atoms with Crippen LogP contribution in [0.2, 0.25) is 0 Å². The molecule has 0 atom stereocenters. The van der Waals surface area contributed by atoms with E-state index >= 15 is 0 Å². The Labute approximate surface area is 304 Å². The highest BCUT2D eigenvalue weighted by atomic mass is 32.1. The van der Waals surface area contributed by atoms with Crippen molar-refractivity contribution in [2.75, 3.05) is 0 Å². The van der Waals surface area contributed by atoms with E-state index in [2.05, 4.69) is 139 Å². The van der Waals surface area contributed by atoms with Gasteiger partial charge in [-0.15, -0.1) is 24.0 Å². The number of thiol groups is 1. The zero-order valence-corrected chi connectivity index (χ0v) is 29.0. The predicted molar refractivity (Wildman–Crippen MR) is 218 cm³/mol. The number of rotatable bonds is 6. The van der Waals surface area contributed by atoms with E-state index in [0.717, 1.165) is 87.5 Å². The van der Waals surface area contributed by atoms with Crippen molar-refractivity contribution in [1.29, 1.82) is 0 Å². The van der Waals surface area contributed by atoms with Crippen LogP contribution >= 0.6 is 24.0 Å². The molecule has 0 fully saturated rings. The lowest BCUT2D eigenvalue weighted by Gasteiger charge is -2.27. The first-order valence-corrected chi connectivity index (χ1v) is 18.1. The maximum Gasteiger partial charge on any atom is 0.270 e. The zero-order valence-electron chi connectivity index (χ0n) is 27.3.